The van der Waals surface area contributed by atoms with Gasteiger partial charge < -0.3 is 14.8 Å². The van der Waals surface area contributed by atoms with Gasteiger partial charge in [0.05, 0.1) is 14.2 Å². The molecule has 0 bridgehead atoms. The Hall–Kier alpha value is -1.83. The van der Waals surface area contributed by atoms with Gasteiger partial charge in [0, 0.05) is 23.1 Å². The molecular formula is C12H16BrN5O2. The van der Waals surface area contributed by atoms with Crippen molar-refractivity contribution in [1.29, 1.82) is 0 Å². The van der Waals surface area contributed by atoms with Gasteiger partial charge in [0.2, 0.25) is 5.95 Å². The second-order valence-electron chi connectivity index (χ2n) is 3.93. The molecule has 0 unspecified atom stereocenters. The lowest BCUT2D eigenvalue weighted by atomic mass is 10.2. The van der Waals surface area contributed by atoms with E-state index in [0.29, 0.717) is 30.5 Å². The summed E-state index contributed by atoms with van der Waals surface area (Å²) in [5, 5.41) is 14.6. The van der Waals surface area contributed by atoms with Gasteiger partial charge >= 0.3 is 0 Å². The lowest BCUT2D eigenvalue weighted by molar-refractivity contribution is 0.351. The highest BCUT2D eigenvalue weighted by Crippen LogP contribution is 2.36. The van der Waals surface area contributed by atoms with Crippen LogP contribution in [0.25, 0.3) is 0 Å². The molecule has 0 saturated heterocycles. The average molecular weight is 342 g/mol. The molecule has 1 N–H and O–H groups in total. The lowest BCUT2D eigenvalue weighted by Crippen LogP contribution is -2.09. The molecule has 2 rings (SSSR count). The highest BCUT2D eigenvalue weighted by molar-refractivity contribution is 9.10. The minimum atomic E-state index is 0.515. The minimum absolute atomic E-state index is 0.515. The van der Waals surface area contributed by atoms with Crippen LogP contribution in [0, 0.1) is 0 Å². The number of benzene rings is 1. The Morgan fingerprint density at radius 1 is 1.30 bits per heavy atom. The van der Waals surface area contributed by atoms with Crippen molar-refractivity contribution in [3.05, 3.63) is 22.2 Å². The van der Waals surface area contributed by atoms with Crippen molar-refractivity contribution < 1.29 is 9.47 Å². The Morgan fingerprint density at radius 3 is 2.75 bits per heavy atom. The summed E-state index contributed by atoms with van der Waals surface area (Å²) in [4.78, 5) is 0. The van der Waals surface area contributed by atoms with Crippen LogP contribution < -0.4 is 14.8 Å². The molecule has 0 fully saturated rings. The van der Waals surface area contributed by atoms with E-state index in [9.17, 15) is 0 Å². The van der Waals surface area contributed by atoms with Crippen LogP contribution in [0.5, 0.6) is 11.5 Å². The molecule has 0 aliphatic rings. The summed E-state index contributed by atoms with van der Waals surface area (Å²) in [5.74, 6) is 1.98. The summed E-state index contributed by atoms with van der Waals surface area (Å²) in [6.45, 7) is 3.19. The molecule has 8 heteroatoms. The predicted octanol–water partition coefficient (Wildman–Crippen LogP) is 2.08. The quantitative estimate of drug-likeness (QED) is 0.867. The summed E-state index contributed by atoms with van der Waals surface area (Å²) in [5.41, 5.74) is 0.942. The molecule has 0 saturated carbocycles. The van der Waals surface area contributed by atoms with Crippen LogP contribution >= 0.6 is 15.9 Å². The van der Waals surface area contributed by atoms with E-state index in [1.165, 1.54) is 0 Å². The normalized spacial score (nSPS) is 10.4. The first-order valence-electron chi connectivity index (χ1n) is 6.10. The van der Waals surface area contributed by atoms with Gasteiger partial charge in [0.1, 0.15) is 0 Å². The third-order valence-corrected chi connectivity index (χ3v) is 3.59. The van der Waals surface area contributed by atoms with Crippen LogP contribution in [0.15, 0.2) is 16.6 Å². The van der Waals surface area contributed by atoms with E-state index < -0.39 is 0 Å². The SMILES string of the molecule is CCn1nnnc1NCc1c(Br)ccc(OC)c1OC. The fraction of sp³-hybridized carbons (Fsp3) is 0.417. The second-order valence-corrected chi connectivity index (χ2v) is 4.79. The first-order valence-corrected chi connectivity index (χ1v) is 6.90. The Balaban J connectivity index is 2.24. The largest absolute Gasteiger partial charge is 0.493 e. The fourth-order valence-corrected chi connectivity index (χ4v) is 2.30. The van der Waals surface area contributed by atoms with E-state index in [1.807, 2.05) is 19.1 Å². The number of hydrogen-bond donors (Lipinski definition) is 1. The molecule has 108 valence electrons. The maximum Gasteiger partial charge on any atom is 0.243 e. The van der Waals surface area contributed by atoms with E-state index >= 15 is 0 Å². The van der Waals surface area contributed by atoms with Crippen molar-refractivity contribution in [3.8, 4) is 11.5 Å². The molecule has 0 aliphatic carbocycles. The topological polar surface area (TPSA) is 74.1 Å². The lowest BCUT2D eigenvalue weighted by Gasteiger charge is -2.15. The van der Waals surface area contributed by atoms with Crippen molar-refractivity contribution in [2.24, 2.45) is 0 Å². The predicted molar refractivity (Wildman–Crippen MR) is 78.1 cm³/mol. The molecule has 0 amide bonds. The minimum Gasteiger partial charge on any atom is -0.493 e. The van der Waals surface area contributed by atoms with E-state index in [4.69, 9.17) is 9.47 Å². The molecule has 1 aromatic heterocycles. The standard InChI is InChI=1S/C12H16BrN5O2/c1-4-18-12(15-16-17-18)14-7-8-9(13)5-6-10(19-2)11(8)20-3/h5-6H,4,7H2,1-3H3,(H,14,15,17). The van der Waals surface area contributed by atoms with Crippen LogP contribution in [0.2, 0.25) is 0 Å². The number of nitrogens with zero attached hydrogens (tertiary/aromatic N) is 4. The zero-order chi connectivity index (χ0) is 14.5. The van der Waals surface area contributed by atoms with Crippen molar-refractivity contribution in [1.82, 2.24) is 20.2 Å². The van der Waals surface area contributed by atoms with Gasteiger partial charge in [0.15, 0.2) is 11.5 Å². The molecular weight excluding hydrogens is 326 g/mol. The number of hydrogen-bond acceptors (Lipinski definition) is 6. The monoisotopic (exact) mass is 341 g/mol. The van der Waals surface area contributed by atoms with Gasteiger partial charge in [-0.1, -0.05) is 21.0 Å². The summed E-state index contributed by atoms with van der Waals surface area (Å²) in [7, 11) is 3.23. The van der Waals surface area contributed by atoms with Crippen LogP contribution in [-0.2, 0) is 13.1 Å². The second kappa shape index (κ2) is 6.56. The van der Waals surface area contributed by atoms with Crippen molar-refractivity contribution in [3.63, 3.8) is 0 Å². The van der Waals surface area contributed by atoms with Crippen molar-refractivity contribution >= 4 is 21.9 Å². The average Bonchev–Trinajstić information content (AvgIpc) is 2.93. The first kappa shape index (κ1) is 14.6. The number of nitrogens with one attached hydrogen (secondary N) is 1. The molecule has 0 spiro atoms. The van der Waals surface area contributed by atoms with Gasteiger partial charge in [-0.15, -0.1) is 0 Å². The fourth-order valence-electron chi connectivity index (χ4n) is 1.84. The Kier molecular flexibility index (Phi) is 4.78. The number of rotatable bonds is 6. The van der Waals surface area contributed by atoms with Gasteiger partial charge in [-0.2, -0.15) is 0 Å². The number of aromatic nitrogens is 4. The summed E-state index contributed by atoms with van der Waals surface area (Å²) < 4.78 is 13.3. The van der Waals surface area contributed by atoms with Crippen molar-refractivity contribution in [2.75, 3.05) is 19.5 Å². The highest BCUT2D eigenvalue weighted by atomic mass is 79.9. The molecule has 2 aromatic rings. The molecule has 1 heterocycles. The number of anilines is 1. The Bertz CT molecular complexity index is 587. The molecule has 0 radical (unpaired) electrons. The number of tetrazole rings is 1. The highest BCUT2D eigenvalue weighted by Gasteiger charge is 2.14. The first-order chi connectivity index (χ1) is 9.71. The molecule has 20 heavy (non-hydrogen) atoms. The number of aryl methyl sites for hydroxylation is 1. The number of ether oxygens (including phenoxy) is 2. The smallest absolute Gasteiger partial charge is 0.243 e. The van der Waals surface area contributed by atoms with E-state index in [2.05, 4.69) is 36.8 Å². The van der Waals surface area contributed by atoms with Gasteiger partial charge in [-0.3, -0.25) is 0 Å². The zero-order valence-corrected chi connectivity index (χ0v) is 13.1. The van der Waals surface area contributed by atoms with Gasteiger partial charge in [0.25, 0.3) is 0 Å². The van der Waals surface area contributed by atoms with Crippen LogP contribution in [0.3, 0.4) is 0 Å². The van der Waals surface area contributed by atoms with Gasteiger partial charge in [-0.25, -0.2) is 4.68 Å². The van der Waals surface area contributed by atoms with Crippen LogP contribution in [-0.4, -0.2) is 34.4 Å². The Morgan fingerprint density at radius 2 is 2.10 bits per heavy atom. The maximum atomic E-state index is 5.42. The summed E-state index contributed by atoms with van der Waals surface area (Å²) in [6, 6.07) is 3.77. The van der Waals surface area contributed by atoms with Gasteiger partial charge in [-0.05, 0) is 29.5 Å². The molecule has 7 nitrogen and oxygen atoms in total. The number of methoxy groups -OCH3 is 2. The molecule has 0 aliphatic heterocycles. The third kappa shape index (κ3) is 2.84. The summed E-state index contributed by atoms with van der Waals surface area (Å²) >= 11 is 3.52. The van der Waals surface area contributed by atoms with E-state index in [1.54, 1.807) is 18.9 Å². The zero-order valence-electron chi connectivity index (χ0n) is 11.6. The Labute approximate surface area is 125 Å². The maximum absolute atomic E-state index is 5.42. The molecule has 0 atom stereocenters. The molecule has 1 aromatic carbocycles. The third-order valence-electron chi connectivity index (χ3n) is 2.85. The van der Waals surface area contributed by atoms with Crippen LogP contribution in [0.4, 0.5) is 5.95 Å². The van der Waals surface area contributed by atoms with E-state index in [0.717, 1.165) is 10.0 Å². The summed E-state index contributed by atoms with van der Waals surface area (Å²) in [6.07, 6.45) is 0. The van der Waals surface area contributed by atoms with Crippen LogP contribution in [0.1, 0.15) is 12.5 Å². The van der Waals surface area contributed by atoms with Crippen molar-refractivity contribution in [2.45, 2.75) is 20.0 Å². The number of halogens is 1. The van der Waals surface area contributed by atoms with E-state index in [-0.39, 0.29) is 0 Å².